The maximum atomic E-state index is 11.1. The largest absolute Gasteiger partial charge is 0.469 e. The summed E-state index contributed by atoms with van der Waals surface area (Å²) in [5.41, 5.74) is 5.35. The molecule has 0 saturated carbocycles. The number of hydrogen-bond acceptors (Lipinski definition) is 5. The van der Waals surface area contributed by atoms with Gasteiger partial charge in [-0.3, -0.25) is 4.79 Å². The molecular weight excluding hydrogens is 290 g/mol. The van der Waals surface area contributed by atoms with Crippen molar-refractivity contribution in [2.24, 2.45) is 5.73 Å². The molecule has 0 spiro atoms. The van der Waals surface area contributed by atoms with Crippen LogP contribution in [0.5, 0.6) is 0 Å². The van der Waals surface area contributed by atoms with E-state index in [0.717, 1.165) is 16.2 Å². The van der Waals surface area contributed by atoms with Gasteiger partial charge in [0, 0.05) is 10.6 Å². The van der Waals surface area contributed by atoms with E-state index < -0.39 is 0 Å². The Morgan fingerprint density at radius 1 is 1.56 bits per heavy atom. The third-order valence-electron chi connectivity index (χ3n) is 1.88. The summed E-state index contributed by atoms with van der Waals surface area (Å²) >= 11 is 12.4. The minimum atomic E-state index is -0.268. The van der Waals surface area contributed by atoms with Gasteiger partial charge in [-0.2, -0.15) is 0 Å². The van der Waals surface area contributed by atoms with Crippen molar-refractivity contribution in [2.75, 3.05) is 19.9 Å². The van der Waals surface area contributed by atoms with Gasteiger partial charge in [-0.25, -0.2) is 0 Å². The Labute approximate surface area is 122 Å². The van der Waals surface area contributed by atoms with E-state index in [1.165, 1.54) is 14.2 Å². The highest BCUT2D eigenvalue weighted by Gasteiger charge is 2.06. The molecule has 0 atom stereocenters. The number of hydrogen-bond donors (Lipinski definition) is 1. The van der Waals surface area contributed by atoms with Crippen LogP contribution >= 0.6 is 35.6 Å². The zero-order valence-corrected chi connectivity index (χ0v) is 12.7. The van der Waals surface area contributed by atoms with E-state index in [0.29, 0.717) is 5.02 Å². The fourth-order valence-corrected chi connectivity index (χ4v) is 2.31. The predicted molar refractivity (Wildman–Crippen MR) is 81.7 cm³/mol. The average molecular weight is 306 g/mol. The quantitative estimate of drug-likeness (QED) is 0.515. The molecule has 100 valence electrons. The van der Waals surface area contributed by atoms with Gasteiger partial charge < -0.3 is 10.5 Å². The van der Waals surface area contributed by atoms with Crippen LogP contribution < -0.4 is 5.73 Å². The molecule has 0 unspecified atom stereocenters. The van der Waals surface area contributed by atoms with E-state index in [2.05, 4.69) is 10.5 Å². The van der Waals surface area contributed by atoms with Crippen molar-refractivity contribution in [3.63, 3.8) is 0 Å². The number of benzene rings is 1. The van der Waals surface area contributed by atoms with Gasteiger partial charge >= 0.3 is 5.97 Å². The van der Waals surface area contributed by atoms with E-state index in [9.17, 15) is 4.79 Å². The van der Waals surface area contributed by atoms with Gasteiger partial charge in [-0.05, 0) is 30.1 Å². The van der Waals surface area contributed by atoms with Gasteiger partial charge in [0.1, 0.15) is 0 Å². The molecule has 0 bridgehead atoms. The first-order valence-electron chi connectivity index (χ1n) is 5.16. The van der Waals surface area contributed by atoms with Crippen LogP contribution in [-0.2, 0) is 16.0 Å². The number of carbonyl (C=O) groups excluding carboxylic acids is 1. The van der Waals surface area contributed by atoms with Crippen molar-refractivity contribution < 1.29 is 9.53 Å². The lowest BCUT2D eigenvalue weighted by Crippen LogP contribution is -2.04. The number of thioether (sulfide) groups is 1. The number of rotatable bonds is 5. The Hall–Kier alpha value is -0.620. The Bertz CT molecular complexity index is 400. The van der Waals surface area contributed by atoms with E-state index in [1.807, 2.05) is 12.1 Å². The molecule has 0 radical (unpaired) electrons. The SMILES string of the molecule is CN.COC(=O)Cc1ccc(SCC=S)c(Cl)c1. The van der Waals surface area contributed by atoms with Crippen molar-refractivity contribution in [3.8, 4) is 0 Å². The van der Waals surface area contributed by atoms with Crippen LogP contribution in [0.15, 0.2) is 23.1 Å². The zero-order valence-electron chi connectivity index (χ0n) is 10.3. The molecule has 0 aliphatic carbocycles. The molecule has 0 heterocycles. The summed E-state index contributed by atoms with van der Waals surface area (Å²) in [5, 5.41) is 2.30. The molecule has 0 amide bonds. The molecule has 0 aliphatic heterocycles. The lowest BCUT2D eigenvalue weighted by Gasteiger charge is -2.05. The second-order valence-electron chi connectivity index (χ2n) is 3.00. The minimum Gasteiger partial charge on any atom is -0.469 e. The molecule has 1 rings (SSSR count). The van der Waals surface area contributed by atoms with Crippen LogP contribution in [0, 0.1) is 0 Å². The van der Waals surface area contributed by atoms with Gasteiger partial charge in [0.15, 0.2) is 0 Å². The van der Waals surface area contributed by atoms with Crippen molar-refractivity contribution in [3.05, 3.63) is 28.8 Å². The molecule has 3 nitrogen and oxygen atoms in total. The lowest BCUT2D eigenvalue weighted by atomic mass is 10.1. The number of ether oxygens (including phenoxy) is 1. The van der Waals surface area contributed by atoms with Gasteiger partial charge in [0.05, 0.1) is 18.6 Å². The molecule has 18 heavy (non-hydrogen) atoms. The number of nitrogens with two attached hydrogens (primary N) is 1. The molecular formula is C12H16ClNO2S2. The van der Waals surface area contributed by atoms with Gasteiger partial charge in [-0.15, -0.1) is 11.8 Å². The standard InChI is InChI=1S/C11H11ClO2S2.CH5N/c1-14-11(13)7-8-2-3-10(9(12)6-8)16-5-4-15;1-2/h2-4,6H,5,7H2,1H3;2H2,1H3. The van der Waals surface area contributed by atoms with Crippen molar-refractivity contribution in [1.29, 1.82) is 0 Å². The number of thiocarbonyl (C=S) groups is 1. The summed E-state index contributed by atoms with van der Waals surface area (Å²) in [6.07, 6.45) is 0.244. The summed E-state index contributed by atoms with van der Waals surface area (Å²) in [4.78, 5) is 12.0. The smallest absolute Gasteiger partial charge is 0.309 e. The first-order chi connectivity index (χ1) is 8.67. The number of methoxy groups -OCH3 is 1. The third-order valence-corrected chi connectivity index (χ3v) is 3.68. The second-order valence-corrected chi connectivity index (χ2v) is 4.80. The fraction of sp³-hybridized carbons (Fsp3) is 0.333. The Kier molecular flexibility index (Phi) is 9.96. The number of halogens is 1. The summed E-state index contributed by atoms with van der Waals surface area (Å²) in [5.74, 6) is 0.473. The third kappa shape index (κ3) is 6.35. The average Bonchev–Trinajstić information content (AvgIpc) is 2.40. The highest BCUT2D eigenvalue weighted by atomic mass is 35.5. The number of carbonyl (C=O) groups is 1. The Morgan fingerprint density at radius 2 is 2.22 bits per heavy atom. The zero-order chi connectivity index (χ0) is 14.0. The lowest BCUT2D eigenvalue weighted by molar-refractivity contribution is -0.139. The molecule has 0 aromatic heterocycles. The van der Waals surface area contributed by atoms with Crippen molar-refractivity contribution in [1.82, 2.24) is 0 Å². The Balaban J connectivity index is 0.00000137. The van der Waals surface area contributed by atoms with Crippen LogP contribution in [0.3, 0.4) is 0 Å². The van der Waals surface area contributed by atoms with Crippen LogP contribution in [-0.4, -0.2) is 31.2 Å². The van der Waals surface area contributed by atoms with Gasteiger partial charge in [0.25, 0.3) is 0 Å². The predicted octanol–water partition coefficient (Wildman–Crippen LogP) is 2.72. The molecule has 0 saturated heterocycles. The Morgan fingerprint density at radius 3 is 2.72 bits per heavy atom. The van der Waals surface area contributed by atoms with E-state index in [1.54, 1.807) is 23.2 Å². The maximum absolute atomic E-state index is 11.1. The highest BCUT2D eigenvalue weighted by Crippen LogP contribution is 2.27. The minimum absolute atomic E-state index is 0.244. The van der Waals surface area contributed by atoms with E-state index in [4.69, 9.17) is 23.8 Å². The molecule has 1 aromatic rings. The van der Waals surface area contributed by atoms with Crippen molar-refractivity contribution in [2.45, 2.75) is 11.3 Å². The topological polar surface area (TPSA) is 52.3 Å². The first-order valence-corrected chi connectivity index (χ1v) is 7.00. The van der Waals surface area contributed by atoms with Crippen LogP contribution in [0.4, 0.5) is 0 Å². The summed E-state index contributed by atoms with van der Waals surface area (Å²) < 4.78 is 4.58. The van der Waals surface area contributed by atoms with Gasteiger partial charge in [-0.1, -0.05) is 29.9 Å². The van der Waals surface area contributed by atoms with Gasteiger partial charge in [0.2, 0.25) is 0 Å². The number of esters is 1. The van der Waals surface area contributed by atoms with E-state index >= 15 is 0 Å². The van der Waals surface area contributed by atoms with E-state index in [-0.39, 0.29) is 12.4 Å². The maximum Gasteiger partial charge on any atom is 0.309 e. The van der Waals surface area contributed by atoms with Crippen LogP contribution in [0.25, 0.3) is 0 Å². The summed E-state index contributed by atoms with van der Waals surface area (Å²) in [7, 11) is 2.87. The molecule has 0 aliphatic rings. The fourth-order valence-electron chi connectivity index (χ4n) is 1.13. The van der Waals surface area contributed by atoms with Crippen LogP contribution in [0.1, 0.15) is 5.56 Å². The second kappa shape index (κ2) is 10.3. The molecule has 2 N–H and O–H groups in total. The molecule has 1 aromatic carbocycles. The monoisotopic (exact) mass is 305 g/mol. The summed E-state index contributed by atoms with van der Waals surface area (Å²) in [6, 6.07) is 5.54. The molecule has 0 fully saturated rings. The first kappa shape index (κ1) is 17.4. The van der Waals surface area contributed by atoms with Crippen LogP contribution in [0.2, 0.25) is 5.02 Å². The molecule has 6 heteroatoms. The highest BCUT2D eigenvalue weighted by molar-refractivity contribution is 8.01. The van der Waals surface area contributed by atoms with Crippen molar-refractivity contribution >= 4 is 46.9 Å². The normalized spacial score (nSPS) is 9.11. The summed E-state index contributed by atoms with van der Waals surface area (Å²) in [6.45, 7) is 0.